The lowest BCUT2D eigenvalue weighted by atomic mass is 10.0. The first-order chi connectivity index (χ1) is 11.8. The predicted molar refractivity (Wildman–Crippen MR) is 92.4 cm³/mol. The summed E-state index contributed by atoms with van der Waals surface area (Å²) in [7, 11) is -3.79. The fourth-order valence-corrected chi connectivity index (χ4v) is 3.67. The van der Waals surface area contributed by atoms with Gasteiger partial charge in [0.05, 0.1) is 4.90 Å². The van der Waals surface area contributed by atoms with Crippen LogP contribution in [0.15, 0.2) is 29.2 Å². The summed E-state index contributed by atoms with van der Waals surface area (Å²) in [6.07, 6.45) is 2.97. The second-order valence-corrected chi connectivity index (χ2v) is 8.00. The number of esters is 1. The SMILES string of the molecule is Cc1ccc(S(=O)(=O)NCC(=O)OCC(=O)N2CCCC[C@H]2C)cc1. The summed E-state index contributed by atoms with van der Waals surface area (Å²) in [5.41, 5.74) is 0.934. The van der Waals surface area contributed by atoms with Crippen LogP contribution in [0.4, 0.5) is 0 Å². The quantitative estimate of drug-likeness (QED) is 0.762. The number of hydrogen-bond acceptors (Lipinski definition) is 5. The summed E-state index contributed by atoms with van der Waals surface area (Å²) in [5, 5.41) is 0. The molecule has 0 aromatic heterocycles. The number of sulfonamides is 1. The zero-order valence-electron chi connectivity index (χ0n) is 14.5. The molecular formula is C17H24N2O5S. The molecular weight excluding hydrogens is 344 g/mol. The van der Waals surface area contributed by atoms with Crippen LogP contribution in [0, 0.1) is 6.92 Å². The highest BCUT2D eigenvalue weighted by atomic mass is 32.2. The largest absolute Gasteiger partial charge is 0.455 e. The van der Waals surface area contributed by atoms with E-state index >= 15 is 0 Å². The lowest BCUT2D eigenvalue weighted by Gasteiger charge is -2.33. The van der Waals surface area contributed by atoms with Crippen LogP contribution in [0.25, 0.3) is 0 Å². The number of carbonyl (C=O) groups excluding carboxylic acids is 2. The summed E-state index contributed by atoms with van der Waals surface area (Å²) in [4.78, 5) is 25.6. The minimum absolute atomic E-state index is 0.0733. The molecule has 1 atom stereocenters. The molecule has 1 saturated heterocycles. The summed E-state index contributed by atoms with van der Waals surface area (Å²) >= 11 is 0. The molecule has 8 heteroatoms. The van der Waals surface area contributed by atoms with Crippen molar-refractivity contribution >= 4 is 21.9 Å². The number of nitrogens with zero attached hydrogens (tertiary/aromatic N) is 1. The van der Waals surface area contributed by atoms with Crippen LogP contribution in [0.1, 0.15) is 31.7 Å². The number of amides is 1. The Balaban J connectivity index is 1.80. The maximum Gasteiger partial charge on any atom is 0.321 e. The predicted octanol–water partition coefficient (Wildman–Crippen LogP) is 1.22. The van der Waals surface area contributed by atoms with Crippen LogP contribution >= 0.6 is 0 Å². The van der Waals surface area contributed by atoms with Crippen molar-refractivity contribution in [3.63, 3.8) is 0 Å². The zero-order valence-corrected chi connectivity index (χ0v) is 15.3. The van der Waals surface area contributed by atoms with E-state index in [4.69, 9.17) is 4.74 Å². The molecule has 1 aliphatic rings. The topological polar surface area (TPSA) is 92.8 Å². The smallest absolute Gasteiger partial charge is 0.321 e. The molecule has 1 aromatic carbocycles. The molecule has 0 bridgehead atoms. The minimum atomic E-state index is -3.79. The molecule has 0 saturated carbocycles. The van der Waals surface area contributed by atoms with Crippen molar-refractivity contribution in [2.75, 3.05) is 19.7 Å². The van der Waals surface area contributed by atoms with Crippen LogP contribution < -0.4 is 4.72 Å². The average molecular weight is 368 g/mol. The van der Waals surface area contributed by atoms with Crippen molar-refractivity contribution in [1.29, 1.82) is 0 Å². The normalized spacial score (nSPS) is 18.0. The molecule has 1 amide bonds. The van der Waals surface area contributed by atoms with Crippen LogP contribution in [-0.4, -0.2) is 50.9 Å². The van der Waals surface area contributed by atoms with Gasteiger partial charge < -0.3 is 9.64 Å². The van der Waals surface area contributed by atoms with Gasteiger partial charge in [0.2, 0.25) is 10.0 Å². The number of ether oxygens (including phenoxy) is 1. The van der Waals surface area contributed by atoms with Crippen molar-refractivity contribution in [2.24, 2.45) is 0 Å². The number of carbonyl (C=O) groups is 2. The Morgan fingerprint density at radius 1 is 1.24 bits per heavy atom. The maximum absolute atomic E-state index is 12.1. The van der Waals surface area contributed by atoms with Crippen LogP contribution in [0.5, 0.6) is 0 Å². The van der Waals surface area contributed by atoms with Crippen molar-refractivity contribution in [3.05, 3.63) is 29.8 Å². The standard InChI is InChI=1S/C17H24N2O5S/c1-13-6-8-15(9-7-13)25(22,23)18-11-17(21)24-12-16(20)19-10-4-3-5-14(19)2/h6-9,14,18H,3-5,10-12H2,1-2H3/t14-/m1/s1. The van der Waals surface area contributed by atoms with E-state index in [9.17, 15) is 18.0 Å². The van der Waals surface area contributed by atoms with Gasteiger partial charge in [-0.2, -0.15) is 4.72 Å². The molecule has 1 N–H and O–H groups in total. The number of likely N-dealkylation sites (tertiary alicyclic amines) is 1. The maximum atomic E-state index is 12.1. The Morgan fingerprint density at radius 3 is 2.56 bits per heavy atom. The van der Waals surface area contributed by atoms with Gasteiger partial charge in [0.25, 0.3) is 5.91 Å². The van der Waals surface area contributed by atoms with Crippen LogP contribution in [0.2, 0.25) is 0 Å². The van der Waals surface area contributed by atoms with E-state index in [2.05, 4.69) is 4.72 Å². The molecule has 25 heavy (non-hydrogen) atoms. The second kappa shape index (κ2) is 8.44. The van der Waals surface area contributed by atoms with Gasteiger partial charge in [-0.15, -0.1) is 0 Å². The number of hydrogen-bond donors (Lipinski definition) is 1. The Labute approximate surface area is 148 Å². The third-order valence-electron chi connectivity index (χ3n) is 4.22. The summed E-state index contributed by atoms with van der Waals surface area (Å²) in [6.45, 7) is 3.60. The molecule has 0 aliphatic carbocycles. The van der Waals surface area contributed by atoms with Gasteiger partial charge in [0.1, 0.15) is 6.54 Å². The Hall–Kier alpha value is -1.93. The molecule has 2 rings (SSSR count). The highest BCUT2D eigenvalue weighted by Gasteiger charge is 2.24. The number of benzene rings is 1. The van der Waals surface area contributed by atoms with Crippen molar-refractivity contribution < 1.29 is 22.7 Å². The number of piperidine rings is 1. The first-order valence-electron chi connectivity index (χ1n) is 8.31. The van der Waals surface area contributed by atoms with Crippen molar-refractivity contribution in [3.8, 4) is 0 Å². The Bertz CT molecular complexity index is 715. The summed E-state index contributed by atoms with van der Waals surface area (Å²) in [6, 6.07) is 6.41. The number of aryl methyl sites for hydroxylation is 1. The van der Waals surface area contributed by atoms with Gasteiger partial charge in [-0.1, -0.05) is 17.7 Å². The first-order valence-corrected chi connectivity index (χ1v) is 9.79. The van der Waals surface area contributed by atoms with Gasteiger partial charge >= 0.3 is 5.97 Å². The molecule has 0 unspecified atom stereocenters. The molecule has 0 radical (unpaired) electrons. The van der Waals surface area contributed by atoms with Gasteiger partial charge in [0, 0.05) is 12.6 Å². The van der Waals surface area contributed by atoms with Gasteiger partial charge in [-0.3, -0.25) is 9.59 Å². The fraction of sp³-hybridized carbons (Fsp3) is 0.529. The van der Waals surface area contributed by atoms with Gasteiger partial charge in [-0.05, 0) is 45.2 Å². The summed E-state index contributed by atoms with van der Waals surface area (Å²) in [5.74, 6) is -1.03. The highest BCUT2D eigenvalue weighted by Crippen LogP contribution is 2.16. The molecule has 1 aromatic rings. The lowest BCUT2D eigenvalue weighted by Crippen LogP contribution is -2.44. The van der Waals surface area contributed by atoms with E-state index in [1.54, 1.807) is 17.0 Å². The van der Waals surface area contributed by atoms with E-state index in [0.29, 0.717) is 6.54 Å². The molecule has 7 nitrogen and oxygen atoms in total. The lowest BCUT2D eigenvalue weighted by molar-refractivity contribution is -0.152. The molecule has 1 aliphatic heterocycles. The third-order valence-corrected chi connectivity index (χ3v) is 5.63. The minimum Gasteiger partial charge on any atom is -0.455 e. The fourth-order valence-electron chi connectivity index (χ4n) is 2.70. The molecule has 1 heterocycles. The van der Waals surface area contributed by atoms with Crippen LogP contribution in [-0.2, 0) is 24.3 Å². The number of nitrogens with one attached hydrogen (secondary N) is 1. The van der Waals surface area contributed by atoms with E-state index in [-0.39, 0.29) is 23.5 Å². The van der Waals surface area contributed by atoms with Crippen LogP contribution in [0.3, 0.4) is 0 Å². The van der Waals surface area contributed by atoms with E-state index < -0.39 is 22.5 Å². The van der Waals surface area contributed by atoms with Crippen molar-refractivity contribution in [1.82, 2.24) is 9.62 Å². The van der Waals surface area contributed by atoms with E-state index in [1.807, 2.05) is 13.8 Å². The average Bonchev–Trinajstić information content (AvgIpc) is 2.59. The highest BCUT2D eigenvalue weighted by molar-refractivity contribution is 7.89. The Morgan fingerprint density at radius 2 is 1.92 bits per heavy atom. The van der Waals surface area contributed by atoms with Gasteiger partial charge in [-0.25, -0.2) is 8.42 Å². The monoisotopic (exact) mass is 368 g/mol. The third kappa shape index (κ3) is 5.54. The van der Waals surface area contributed by atoms with E-state index in [0.717, 1.165) is 24.8 Å². The van der Waals surface area contributed by atoms with E-state index in [1.165, 1.54) is 12.1 Å². The first kappa shape index (κ1) is 19.4. The molecule has 138 valence electrons. The van der Waals surface area contributed by atoms with Gasteiger partial charge in [0.15, 0.2) is 6.61 Å². The Kier molecular flexibility index (Phi) is 6.55. The molecule has 0 spiro atoms. The summed E-state index contributed by atoms with van der Waals surface area (Å²) < 4.78 is 31.2. The van der Waals surface area contributed by atoms with Crippen molar-refractivity contribution in [2.45, 2.75) is 44.0 Å². The zero-order chi connectivity index (χ0) is 18.4. The second-order valence-electron chi connectivity index (χ2n) is 6.23. The molecule has 1 fully saturated rings. The number of rotatable bonds is 6.